The number of hydrogen-bond donors (Lipinski definition) is 2. The Morgan fingerprint density at radius 1 is 1.29 bits per heavy atom. The second-order valence-corrected chi connectivity index (χ2v) is 4.80. The van der Waals surface area contributed by atoms with E-state index in [1.807, 2.05) is 13.0 Å². The SMILES string of the molecule is CC1=CC(c2c(O)cc(C)c(F)c2O)CCC1. The van der Waals surface area contributed by atoms with E-state index in [4.69, 9.17) is 0 Å². The zero-order valence-electron chi connectivity index (χ0n) is 10.1. The smallest absolute Gasteiger partial charge is 0.168 e. The topological polar surface area (TPSA) is 40.5 Å². The van der Waals surface area contributed by atoms with Crippen LogP contribution in [0.3, 0.4) is 0 Å². The summed E-state index contributed by atoms with van der Waals surface area (Å²) in [5.74, 6) is -1.14. The second-order valence-electron chi connectivity index (χ2n) is 4.80. The summed E-state index contributed by atoms with van der Waals surface area (Å²) in [6.45, 7) is 3.55. The Kier molecular flexibility index (Phi) is 3.09. The van der Waals surface area contributed by atoms with Gasteiger partial charge < -0.3 is 10.2 Å². The predicted octanol–water partition coefficient (Wildman–Crippen LogP) is 3.76. The van der Waals surface area contributed by atoms with E-state index in [0.717, 1.165) is 19.3 Å². The van der Waals surface area contributed by atoms with Gasteiger partial charge in [0.05, 0.1) is 0 Å². The molecule has 2 nitrogen and oxygen atoms in total. The van der Waals surface area contributed by atoms with Crippen LogP contribution in [0.5, 0.6) is 11.5 Å². The molecule has 1 aliphatic carbocycles. The fourth-order valence-corrected chi connectivity index (χ4v) is 2.48. The van der Waals surface area contributed by atoms with Crippen molar-refractivity contribution in [2.75, 3.05) is 0 Å². The summed E-state index contributed by atoms with van der Waals surface area (Å²) >= 11 is 0. The average molecular weight is 236 g/mol. The zero-order chi connectivity index (χ0) is 12.6. The molecule has 0 spiro atoms. The van der Waals surface area contributed by atoms with Gasteiger partial charge in [-0.2, -0.15) is 0 Å². The van der Waals surface area contributed by atoms with Gasteiger partial charge >= 0.3 is 0 Å². The molecule has 0 heterocycles. The molecule has 1 aromatic carbocycles. The van der Waals surface area contributed by atoms with Crippen molar-refractivity contribution < 1.29 is 14.6 Å². The number of aromatic hydroxyl groups is 2. The minimum absolute atomic E-state index is 0.0163. The second kappa shape index (κ2) is 4.40. The van der Waals surface area contributed by atoms with E-state index >= 15 is 0 Å². The Hall–Kier alpha value is -1.51. The van der Waals surface area contributed by atoms with Crippen LogP contribution in [0.4, 0.5) is 4.39 Å². The number of allylic oxidation sites excluding steroid dienone is 2. The van der Waals surface area contributed by atoms with Gasteiger partial charge in [-0.05, 0) is 44.7 Å². The number of halogens is 1. The van der Waals surface area contributed by atoms with Crippen molar-refractivity contribution in [1.82, 2.24) is 0 Å². The Morgan fingerprint density at radius 2 is 2.00 bits per heavy atom. The number of rotatable bonds is 1. The van der Waals surface area contributed by atoms with Crippen molar-refractivity contribution in [3.05, 3.63) is 34.7 Å². The molecule has 92 valence electrons. The first kappa shape index (κ1) is 12.0. The Bertz CT molecular complexity index is 478. The van der Waals surface area contributed by atoms with Crippen LogP contribution in [-0.2, 0) is 0 Å². The third-order valence-electron chi connectivity index (χ3n) is 3.38. The number of aryl methyl sites for hydroxylation is 1. The predicted molar refractivity (Wildman–Crippen MR) is 64.8 cm³/mol. The van der Waals surface area contributed by atoms with Gasteiger partial charge in [-0.3, -0.25) is 0 Å². The molecule has 17 heavy (non-hydrogen) atoms. The van der Waals surface area contributed by atoms with Crippen molar-refractivity contribution >= 4 is 0 Å². The molecule has 0 fully saturated rings. The zero-order valence-corrected chi connectivity index (χ0v) is 10.1. The van der Waals surface area contributed by atoms with Gasteiger partial charge in [0.15, 0.2) is 11.6 Å². The number of hydrogen-bond acceptors (Lipinski definition) is 2. The lowest BCUT2D eigenvalue weighted by Gasteiger charge is -2.22. The lowest BCUT2D eigenvalue weighted by atomic mass is 9.84. The highest BCUT2D eigenvalue weighted by Gasteiger charge is 2.23. The first-order valence-electron chi connectivity index (χ1n) is 5.89. The summed E-state index contributed by atoms with van der Waals surface area (Å²) in [6, 6.07) is 1.38. The highest BCUT2D eigenvalue weighted by molar-refractivity contribution is 5.51. The highest BCUT2D eigenvalue weighted by Crippen LogP contribution is 2.42. The normalized spacial score (nSPS) is 20.2. The maximum Gasteiger partial charge on any atom is 0.168 e. The largest absolute Gasteiger partial charge is 0.507 e. The van der Waals surface area contributed by atoms with Crippen molar-refractivity contribution in [3.8, 4) is 11.5 Å². The standard InChI is InChI=1S/C14H17FO2/c1-8-4-3-5-10(6-8)12-11(16)7-9(2)13(15)14(12)17/h6-7,10,16-17H,3-5H2,1-2H3. The Morgan fingerprint density at radius 3 is 2.65 bits per heavy atom. The first-order chi connectivity index (χ1) is 8.00. The van der Waals surface area contributed by atoms with E-state index in [1.165, 1.54) is 18.6 Å². The van der Waals surface area contributed by atoms with Gasteiger partial charge in [0.25, 0.3) is 0 Å². The van der Waals surface area contributed by atoms with E-state index in [9.17, 15) is 14.6 Å². The fraction of sp³-hybridized carbons (Fsp3) is 0.429. The van der Waals surface area contributed by atoms with Gasteiger partial charge in [0.2, 0.25) is 0 Å². The molecular formula is C14H17FO2. The summed E-state index contributed by atoms with van der Waals surface area (Å²) < 4.78 is 13.6. The van der Waals surface area contributed by atoms with Crippen molar-refractivity contribution in [2.24, 2.45) is 0 Å². The van der Waals surface area contributed by atoms with Gasteiger partial charge in [-0.25, -0.2) is 4.39 Å². The quantitative estimate of drug-likeness (QED) is 0.729. The molecule has 2 N–H and O–H groups in total. The molecule has 2 rings (SSSR count). The van der Waals surface area contributed by atoms with Crippen LogP contribution in [0.1, 0.15) is 43.2 Å². The van der Waals surface area contributed by atoms with Crippen LogP contribution < -0.4 is 0 Å². The minimum Gasteiger partial charge on any atom is -0.507 e. The molecule has 1 aromatic rings. The van der Waals surface area contributed by atoms with Gasteiger partial charge in [-0.1, -0.05) is 11.6 Å². The third kappa shape index (κ3) is 2.14. The van der Waals surface area contributed by atoms with Gasteiger partial charge in [0, 0.05) is 11.5 Å². The molecular weight excluding hydrogens is 219 g/mol. The highest BCUT2D eigenvalue weighted by atomic mass is 19.1. The van der Waals surface area contributed by atoms with Crippen LogP contribution >= 0.6 is 0 Å². The molecule has 0 bridgehead atoms. The summed E-state index contributed by atoms with van der Waals surface area (Å²) in [6.07, 6.45) is 4.88. The lowest BCUT2D eigenvalue weighted by molar-refractivity contribution is 0.399. The average Bonchev–Trinajstić information content (AvgIpc) is 2.26. The van der Waals surface area contributed by atoms with Gasteiger partial charge in [0.1, 0.15) is 5.75 Å². The van der Waals surface area contributed by atoms with Crippen LogP contribution in [-0.4, -0.2) is 10.2 Å². The van der Waals surface area contributed by atoms with E-state index in [1.54, 1.807) is 0 Å². The van der Waals surface area contributed by atoms with E-state index in [0.29, 0.717) is 5.56 Å². The van der Waals surface area contributed by atoms with Crippen LogP contribution in [0.25, 0.3) is 0 Å². The molecule has 0 saturated carbocycles. The molecule has 1 atom stereocenters. The Labute approximate surface area is 100 Å². The molecule has 0 aliphatic heterocycles. The number of benzene rings is 1. The molecule has 1 unspecified atom stereocenters. The van der Waals surface area contributed by atoms with Crippen LogP contribution in [0.2, 0.25) is 0 Å². The summed E-state index contributed by atoms with van der Waals surface area (Å²) in [5.41, 5.74) is 1.81. The molecule has 0 saturated heterocycles. The summed E-state index contributed by atoms with van der Waals surface area (Å²) in [7, 11) is 0. The van der Waals surface area contributed by atoms with Crippen LogP contribution in [0.15, 0.2) is 17.7 Å². The molecule has 0 aromatic heterocycles. The third-order valence-corrected chi connectivity index (χ3v) is 3.38. The summed E-state index contributed by atoms with van der Waals surface area (Å²) in [5, 5.41) is 19.7. The molecule has 0 amide bonds. The van der Waals surface area contributed by atoms with E-state index in [2.05, 4.69) is 0 Å². The molecule has 1 aliphatic rings. The van der Waals surface area contributed by atoms with Gasteiger partial charge in [-0.15, -0.1) is 0 Å². The fourth-order valence-electron chi connectivity index (χ4n) is 2.48. The van der Waals surface area contributed by atoms with Crippen molar-refractivity contribution in [2.45, 2.75) is 39.0 Å². The maximum atomic E-state index is 13.6. The van der Waals surface area contributed by atoms with E-state index < -0.39 is 11.6 Å². The summed E-state index contributed by atoms with van der Waals surface area (Å²) in [4.78, 5) is 0. The Balaban J connectivity index is 2.52. The monoisotopic (exact) mass is 236 g/mol. The van der Waals surface area contributed by atoms with E-state index in [-0.39, 0.29) is 17.2 Å². The maximum absolute atomic E-state index is 13.6. The van der Waals surface area contributed by atoms with Crippen molar-refractivity contribution in [1.29, 1.82) is 0 Å². The van der Waals surface area contributed by atoms with Crippen molar-refractivity contribution in [3.63, 3.8) is 0 Å². The lowest BCUT2D eigenvalue weighted by Crippen LogP contribution is -2.04. The van der Waals surface area contributed by atoms with Crippen LogP contribution in [0, 0.1) is 12.7 Å². The minimum atomic E-state index is -0.630. The molecule has 0 radical (unpaired) electrons. The number of phenolic OH excluding ortho intramolecular Hbond substituents is 2. The first-order valence-corrected chi connectivity index (χ1v) is 5.89. The number of phenols is 2. The molecule has 3 heteroatoms.